The third-order valence-corrected chi connectivity index (χ3v) is 5.67. The van der Waals surface area contributed by atoms with Gasteiger partial charge in [0.1, 0.15) is 12.4 Å². The van der Waals surface area contributed by atoms with Crippen molar-refractivity contribution in [3.05, 3.63) is 98.4 Å². The van der Waals surface area contributed by atoms with Gasteiger partial charge in [0, 0.05) is 10.0 Å². The van der Waals surface area contributed by atoms with E-state index in [0.29, 0.717) is 23.6 Å². The van der Waals surface area contributed by atoms with Crippen molar-refractivity contribution in [2.45, 2.75) is 13.5 Å². The number of carbonyl (C=O) groups excluding carboxylic acids is 1. The molecule has 0 saturated carbocycles. The number of benzene rings is 3. The van der Waals surface area contributed by atoms with Gasteiger partial charge in [-0.1, -0.05) is 64.5 Å². The van der Waals surface area contributed by atoms with Crippen LogP contribution in [0.2, 0.25) is 0 Å². The lowest BCUT2D eigenvalue weighted by Crippen LogP contribution is -2.21. The van der Waals surface area contributed by atoms with Crippen molar-refractivity contribution in [1.29, 1.82) is 0 Å². The Kier molecular flexibility index (Phi) is 6.16. The molecule has 3 aromatic rings. The van der Waals surface area contributed by atoms with Gasteiger partial charge < -0.3 is 4.74 Å². The summed E-state index contributed by atoms with van der Waals surface area (Å²) in [5.41, 5.74) is 3.79. The summed E-state index contributed by atoms with van der Waals surface area (Å²) < 4.78 is 7.81. The molecule has 1 heterocycles. The van der Waals surface area contributed by atoms with Gasteiger partial charge in [-0.3, -0.25) is 4.79 Å². The van der Waals surface area contributed by atoms with Crippen LogP contribution in [0.5, 0.6) is 5.75 Å². The zero-order valence-corrected chi connectivity index (χ0v) is 19.4. The summed E-state index contributed by atoms with van der Waals surface area (Å²) >= 11 is 7.12. The Labute approximate surface area is 192 Å². The van der Waals surface area contributed by atoms with Crippen LogP contribution in [0.25, 0.3) is 6.08 Å². The Balaban J connectivity index is 1.67. The quantitative estimate of drug-likeness (QED) is 0.352. The topological polar surface area (TPSA) is 41.9 Å². The predicted molar refractivity (Wildman–Crippen MR) is 128 cm³/mol. The molecular weight excluding hydrogens is 508 g/mol. The number of para-hydroxylation sites is 1. The van der Waals surface area contributed by atoms with Gasteiger partial charge in [-0.25, -0.2) is 0 Å². The number of carbonyl (C=O) groups is 1. The summed E-state index contributed by atoms with van der Waals surface area (Å²) in [5, 5.41) is 5.88. The van der Waals surface area contributed by atoms with Crippen LogP contribution in [-0.4, -0.2) is 11.6 Å². The van der Waals surface area contributed by atoms with Gasteiger partial charge in [-0.2, -0.15) is 10.1 Å². The molecule has 0 N–H and O–H groups in total. The minimum Gasteiger partial charge on any atom is -0.487 e. The lowest BCUT2D eigenvalue weighted by Gasteiger charge is -2.14. The van der Waals surface area contributed by atoms with Crippen molar-refractivity contribution >= 4 is 55.2 Å². The van der Waals surface area contributed by atoms with Gasteiger partial charge >= 0.3 is 0 Å². The van der Waals surface area contributed by atoms with Crippen LogP contribution in [0, 0.1) is 0 Å². The summed E-state index contributed by atoms with van der Waals surface area (Å²) in [7, 11) is 0. The highest BCUT2D eigenvalue weighted by Crippen LogP contribution is 2.36. The lowest BCUT2D eigenvalue weighted by atomic mass is 10.1. The predicted octanol–water partition coefficient (Wildman–Crippen LogP) is 6.60. The van der Waals surface area contributed by atoms with Crippen LogP contribution in [0.3, 0.4) is 0 Å². The van der Waals surface area contributed by atoms with Gasteiger partial charge in [0.25, 0.3) is 5.91 Å². The molecule has 150 valence electrons. The van der Waals surface area contributed by atoms with E-state index < -0.39 is 0 Å². The summed E-state index contributed by atoms with van der Waals surface area (Å²) in [6.45, 7) is 2.26. The molecule has 3 aromatic carbocycles. The molecule has 0 aliphatic carbocycles. The van der Waals surface area contributed by atoms with E-state index in [1.807, 2.05) is 85.8 Å². The molecule has 0 fully saturated rings. The van der Waals surface area contributed by atoms with Crippen molar-refractivity contribution in [3.63, 3.8) is 0 Å². The molecular formula is C24H18Br2N2O2. The number of hydrazone groups is 1. The zero-order chi connectivity index (χ0) is 21.1. The maximum absolute atomic E-state index is 13.1. The van der Waals surface area contributed by atoms with Gasteiger partial charge in [-0.05, 0) is 58.8 Å². The summed E-state index contributed by atoms with van der Waals surface area (Å²) in [4.78, 5) is 13.1. The second-order valence-electron chi connectivity index (χ2n) is 6.78. The number of rotatable bonds is 5. The van der Waals surface area contributed by atoms with Crippen molar-refractivity contribution in [3.8, 4) is 5.75 Å². The smallest absolute Gasteiger partial charge is 0.280 e. The average Bonchev–Trinajstić information content (AvgIpc) is 3.03. The van der Waals surface area contributed by atoms with E-state index in [1.165, 1.54) is 5.01 Å². The largest absolute Gasteiger partial charge is 0.487 e. The van der Waals surface area contributed by atoms with Crippen molar-refractivity contribution in [2.75, 3.05) is 5.01 Å². The summed E-state index contributed by atoms with van der Waals surface area (Å²) in [6, 6.07) is 23.2. The average molecular weight is 526 g/mol. The summed E-state index contributed by atoms with van der Waals surface area (Å²) in [5.74, 6) is 0.511. The van der Waals surface area contributed by atoms with Crippen molar-refractivity contribution in [1.82, 2.24) is 0 Å². The van der Waals surface area contributed by atoms with E-state index in [2.05, 4.69) is 37.0 Å². The number of amides is 1. The van der Waals surface area contributed by atoms with Crippen molar-refractivity contribution < 1.29 is 9.53 Å². The third-order valence-electron chi connectivity index (χ3n) is 4.63. The second-order valence-corrected chi connectivity index (χ2v) is 8.55. The van der Waals surface area contributed by atoms with Gasteiger partial charge in [0.2, 0.25) is 0 Å². The Hall–Kier alpha value is -2.70. The second kappa shape index (κ2) is 8.98. The van der Waals surface area contributed by atoms with Gasteiger partial charge in [0.15, 0.2) is 0 Å². The number of anilines is 1. The minimum atomic E-state index is -0.163. The lowest BCUT2D eigenvalue weighted by molar-refractivity contribution is -0.114. The first-order chi connectivity index (χ1) is 14.5. The van der Waals surface area contributed by atoms with Gasteiger partial charge in [-0.15, -0.1) is 0 Å². The molecule has 0 unspecified atom stereocenters. The molecule has 0 radical (unpaired) electrons. The normalized spacial score (nSPS) is 14.9. The Morgan fingerprint density at radius 1 is 1.00 bits per heavy atom. The number of ether oxygens (including phenoxy) is 1. The monoisotopic (exact) mass is 524 g/mol. The molecule has 0 spiro atoms. The number of nitrogens with zero attached hydrogens (tertiary/aromatic N) is 2. The minimum absolute atomic E-state index is 0.163. The number of hydrogen-bond donors (Lipinski definition) is 0. The first-order valence-electron chi connectivity index (χ1n) is 9.35. The van der Waals surface area contributed by atoms with Crippen LogP contribution >= 0.6 is 31.9 Å². The number of hydrogen-bond acceptors (Lipinski definition) is 3. The Morgan fingerprint density at radius 3 is 2.37 bits per heavy atom. The molecule has 0 bridgehead atoms. The highest BCUT2D eigenvalue weighted by molar-refractivity contribution is 9.11. The Bertz CT molecular complexity index is 1140. The first kappa shape index (κ1) is 20.6. The molecule has 0 atom stereocenters. The van der Waals surface area contributed by atoms with Crippen LogP contribution in [0.1, 0.15) is 18.1 Å². The fraction of sp³-hybridized carbons (Fsp3) is 0.0833. The molecule has 1 amide bonds. The first-order valence-corrected chi connectivity index (χ1v) is 10.9. The molecule has 0 aromatic heterocycles. The molecule has 1 aliphatic rings. The fourth-order valence-electron chi connectivity index (χ4n) is 3.15. The van der Waals surface area contributed by atoms with Crippen LogP contribution in [-0.2, 0) is 11.4 Å². The molecule has 30 heavy (non-hydrogen) atoms. The maximum atomic E-state index is 13.1. The van der Waals surface area contributed by atoms with Crippen LogP contribution in [0.15, 0.2) is 92.4 Å². The van der Waals surface area contributed by atoms with Crippen molar-refractivity contribution in [2.24, 2.45) is 5.10 Å². The highest BCUT2D eigenvalue weighted by atomic mass is 79.9. The number of halogens is 2. The van der Waals surface area contributed by atoms with E-state index in [1.54, 1.807) is 0 Å². The molecule has 0 saturated heterocycles. The van der Waals surface area contributed by atoms with Crippen LogP contribution < -0.4 is 9.75 Å². The van der Waals surface area contributed by atoms with E-state index in [9.17, 15) is 4.79 Å². The third kappa shape index (κ3) is 4.40. The maximum Gasteiger partial charge on any atom is 0.280 e. The van der Waals surface area contributed by atoms with E-state index >= 15 is 0 Å². The van der Waals surface area contributed by atoms with E-state index in [-0.39, 0.29) is 5.91 Å². The van der Waals surface area contributed by atoms with E-state index in [4.69, 9.17) is 4.74 Å². The zero-order valence-electron chi connectivity index (χ0n) is 16.2. The SMILES string of the molecule is CC1=NN(c2ccccc2)C(=O)/C1=C/c1cc(Br)cc(Br)c1OCc1ccccc1. The Morgan fingerprint density at radius 2 is 1.67 bits per heavy atom. The van der Waals surface area contributed by atoms with E-state index in [0.717, 1.165) is 25.8 Å². The highest BCUT2D eigenvalue weighted by Gasteiger charge is 2.29. The standard InChI is InChI=1S/C24H18Br2N2O2/c1-16-21(24(29)28(27-16)20-10-6-3-7-11-20)13-18-12-19(25)14-22(26)23(18)30-15-17-8-4-2-5-9-17/h2-14H,15H2,1H3/b21-13+. The van der Waals surface area contributed by atoms with Gasteiger partial charge in [0.05, 0.1) is 21.4 Å². The molecule has 4 nitrogen and oxygen atoms in total. The molecule has 1 aliphatic heterocycles. The fourth-order valence-corrected chi connectivity index (χ4v) is 4.53. The summed E-state index contributed by atoms with van der Waals surface area (Å²) in [6.07, 6.45) is 1.83. The molecule has 6 heteroatoms. The van der Waals surface area contributed by atoms with Crippen LogP contribution in [0.4, 0.5) is 5.69 Å². The molecule has 4 rings (SSSR count).